The Morgan fingerprint density at radius 2 is 1.94 bits per heavy atom. The van der Waals surface area contributed by atoms with E-state index in [9.17, 15) is 8.42 Å². The minimum absolute atomic E-state index is 0.118. The van der Waals surface area contributed by atoms with Crippen molar-refractivity contribution >= 4 is 16.0 Å². The van der Waals surface area contributed by atoms with Gasteiger partial charge in [-0.2, -0.15) is 17.0 Å². The van der Waals surface area contributed by atoms with Gasteiger partial charge in [0.2, 0.25) is 0 Å². The molecule has 3 N–H and O–H groups in total. The zero-order valence-electron chi connectivity index (χ0n) is 10.2. The van der Waals surface area contributed by atoms with Crippen molar-refractivity contribution in [2.45, 2.75) is 32.2 Å². The van der Waals surface area contributed by atoms with Gasteiger partial charge < -0.3 is 10.9 Å². The summed E-state index contributed by atoms with van der Waals surface area (Å²) in [6.07, 6.45) is 2.82. The van der Waals surface area contributed by atoms with Gasteiger partial charge in [-0.1, -0.05) is 11.6 Å². The van der Waals surface area contributed by atoms with Gasteiger partial charge >= 0.3 is 0 Å². The summed E-state index contributed by atoms with van der Waals surface area (Å²) in [7, 11) is -2.08. The van der Waals surface area contributed by atoms with Crippen molar-refractivity contribution in [3.8, 4) is 0 Å². The number of nitrogens with two attached hydrogens (primary N) is 1. The van der Waals surface area contributed by atoms with E-state index in [2.05, 4.69) is 5.16 Å². The van der Waals surface area contributed by atoms with Crippen LogP contribution in [-0.2, 0) is 10.2 Å². The average molecular weight is 264 g/mol. The van der Waals surface area contributed by atoms with Crippen LogP contribution in [0.15, 0.2) is 5.16 Å². The maximum absolute atomic E-state index is 12.2. The Morgan fingerprint density at radius 1 is 1.41 bits per heavy atom. The zero-order valence-corrected chi connectivity index (χ0v) is 11.0. The van der Waals surface area contributed by atoms with Crippen molar-refractivity contribution < 1.29 is 13.6 Å². The second-order valence-corrected chi connectivity index (χ2v) is 6.17. The molecule has 0 aromatic rings. The third-order valence-corrected chi connectivity index (χ3v) is 5.16. The first-order valence-electron chi connectivity index (χ1n) is 5.61. The minimum Gasteiger partial charge on any atom is -0.409 e. The van der Waals surface area contributed by atoms with Crippen LogP contribution in [-0.4, -0.2) is 54.3 Å². The van der Waals surface area contributed by atoms with Gasteiger partial charge in [0.05, 0.1) is 6.04 Å². The quantitative estimate of drug-likeness (QED) is 0.317. The Balaban J connectivity index is 2.82. The highest BCUT2D eigenvalue weighted by Gasteiger charge is 2.32. The second kappa shape index (κ2) is 5.65. The summed E-state index contributed by atoms with van der Waals surface area (Å²) in [5, 5.41) is 11.4. The molecule has 100 valence electrons. The van der Waals surface area contributed by atoms with Gasteiger partial charge in [0.15, 0.2) is 5.84 Å². The highest BCUT2D eigenvalue weighted by Crippen LogP contribution is 2.17. The first kappa shape index (κ1) is 14.2. The van der Waals surface area contributed by atoms with Crippen molar-refractivity contribution in [1.82, 2.24) is 8.61 Å². The van der Waals surface area contributed by atoms with E-state index >= 15 is 0 Å². The van der Waals surface area contributed by atoms with E-state index in [1.807, 2.05) is 0 Å². The van der Waals surface area contributed by atoms with Crippen LogP contribution >= 0.6 is 0 Å². The molecule has 1 rings (SSSR count). The van der Waals surface area contributed by atoms with E-state index in [-0.39, 0.29) is 5.84 Å². The molecule has 1 unspecified atom stereocenters. The van der Waals surface area contributed by atoms with E-state index < -0.39 is 16.3 Å². The van der Waals surface area contributed by atoms with Gasteiger partial charge in [0, 0.05) is 20.1 Å². The highest BCUT2D eigenvalue weighted by molar-refractivity contribution is 7.86. The smallest absolute Gasteiger partial charge is 0.282 e. The van der Waals surface area contributed by atoms with Gasteiger partial charge in [-0.05, 0) is 19.8 Å². The average Bonchev–Trinajstić information content (AvgIpc) is 2.37. The maximum atomic E-state index is 12.2. The van der Waals surface area contributed by atoms with Crippen LogP contribution in [0.4, 0.5) is 0 Å². The summed E-state index contributed by atoms with van der Waals surface area (Å²) < 4.78 is 27.0. The Hall–Kier alpha value is -0.860. The lowest BCUT2D eigenvalue weighted by molar-refractivity contribution is 0.299. The summed E-state index contributed by atoms with van der Waals surface area (Å²) in [5.41, 5.74) is 5.42. The molecule has 0 saturated carbocycles. The Morgan fingerprint density at radius 3 is 2.41 bits per heavy atom. The lowest BCUT2D eigenvalue weighted by Crippen LogP contribution is -2.51. The molecule has 17 heavy (non-hydrogen) atoms. The van der Waals surface area contributed by atoms with Gasteiger partial charge in [-0.25, -0.2) is 0 Å². The monoisotopic (exact) mass is 264 g/mol. The van der Waals surface area contributed by atoms with Crippen LogP contribution in [0.25, 0.3) is 0 Å². The fourth-order valence-electron chi connectivity index (χ4n) is 1.75. The Kier molecular flexibility index (Phi) is 4.72. The van der Waals surface area contributed by atoms with Gasteiger partial charge in [0.25, 0.3) is 10.2 Å². The molecule has 7 nitrogen and oxygen atoms in total. The molecule has 0 spiro atoms. The molecule has 0 aromatic heterocycles. The second-order valence-electron chi connectivity index (χ2n) is 4.18. The summed E-state index contributed by atoms with van der Waals surface area (Å²) in [5.74, 6) is -0.118. The number of hydrogen-bond donors (Lipinski definition) is 2. The number of likely N-dealkylation sites (N-methyl/N-ethyl adjacent to an activating group) is 1. The van der Waals surface area contributed by atoms with Crippen LogP contribution in [0, 0.1) is 0 Å². The van der Waals surface area contributed by atoms with Gasteiger partial charge in [-0.3, -0.25) is 0 Å². The first-order chi connectivity index (χ1) is 7.91. The van der Waals surface area contributed by atoms with E-state index in [0.717, 1.165) is 23.6 Å². The molecule has 1 aliphatic heterocycles. The minimum atomic E-state index is -3.52. The summed E-state index contributed by atoms with van der Waals surface area (Å²) in [6, 6.07) is -0.660. The van der Waals surface area contributed by atoms with E-state index in [1.165, 1.54) is 11.4 Å². The van der Waals surface area contributed by atoms with Crippen LogP contribution in [0.2, 0.25) is 0 Å². The van der Waals surface area contributed by atoms with Crippen molar-refractivity contribution in [2.75, 3.05) is 20.1 Å². The van der Waals surface area contributed by atoms with Crippen molar-refractivity contribution in [2.24, 2.45) is 10.9 Å². The van der Waals surface area contributed by atoms with Crippen molar-refractivity contribution in [1.29, 1.82) is 0 Å². The van der Waals surface area contributed by atoms with Crippen LogP contribution in [0.1, 0.15) is 26.2 Å². The predicted molar refractivity (Wildman–Crippen MR) is 65.0 cm³/mol. The molecular weight excluding hydrogens is 244 g/mol. The molecule has 0 bridgehead atoms. The molecule has 0 aromatic carbocycles. The summed E-state index contributed by atoms with van der Waals surface area (Å²) in [4.78, 5) is 0. The van der Waals surface area contributed by atoms with E-state index in [0.29, 0.717) is 13.1 Å². The Bertz CT molecular complexity index is 376. The summed E-state index contributed by atoms with van der Waals surface area (Å²) in [6.45, 7) is 2.65. The number of nitrogens with zero attached hydrogens (tertiary/aromatic N) is 3. The highest BCUT2D eigenvalue weighted by atomic mass is 32.2. The lowest BCUT2D eigenvalue weighted by Gasteiger charge is -2.32. The lowest BCUT2D eigenvalue weighted by atomic mass is 10.2. The van der Waals surface area contributed by atoms with Crippen LogP contribution < -0.4 is 5.73 Å². The molecule has 0 aliphatic carbocycles. The fourth-order valence-corrected chi connectivity index (χ4v) is 3.34. The fraction of sp³-hybridized carbons (Fsp3) is 0.889. The molecule has 1 heterocycles. The molecule has 8 heteroatoms. The maximum Gasteiger partial charge on any atom is 0.282 e. The third kappa shape index (κ3) is 3.08. The molecule has 1 saturated heterocycles. The van der Waals surface area contributed by atoms with Crippen LogP contribution in [0.5, 0.6) is 0 Å². The number of amidine groups is 1. The number of piperidine rings is 1. The first-order valence-corrected chi connectivity index (χ1v) is 7.01. The zero-order chi connectivity index (χ0) is 13.1. The van der Waals surface area contributed by atoms with Gasteiger partial charge in [0.1, 0.15) is 0 Å². The number of oxime groups is 1. The van der Waals surface area contributed by atoms with Crippen LogP contribution in [0.3, 0.4) is 0 Å². The molecule has 0 amide bonds. The van der Waals surface area contributed by atoms with Crippen molar-refractivity contribution in [3.05, 3.63) is 0 Å². The predicted octanol–water partition coefficient (Wildman–Crippen LogP) is -0.216. The SMILES string of the molecule is CC(C(N)=NO)N(C)S(=O)(=O)N1CCCCC1. The van der Waals surface area contributed by atoms with Crippen molar-refractivity contribution in [3.63, 3.8) is 0 Å². The normalized spacial score (nSPS) is 21.7. The summed E-state index contributed by atoms with van der Waals surface area (Å²) >= 11 is 0. The number of hydrogen-bond acceptors (Lipinski definition) is 4. The molecule has 1 atom stereocenters. The standard InChI is InChI=1S/C9H20N4O3S/c1-8(9(10)11-14)12(2)17(15,16)13-6-4-3-5-7-13/h8,14H,3-7H2,1-2H3,(H2,10,11). The third-order valence-electron chi connectivity index (χ3n) is 3.09. The van der Waals surface area contributed by atoms with Gasteiger partial charge in [-0.15, -0.1) is 0 Å². The van der Waals surface area contributed by atoms with E-state index in [1.54, 1.807) is 6.92 Å². The Labute approximate surface area is 102 Å². The topological polar surface area (TPSA) is 99.2 Å². The van der Waals surface area contributed by atoms with E-state index in [4.69, 9.17) is 10.9 Å². The molecule has 1 fully saturated rings. The number of rotatable bonds is 4. The largest absolute Gasteiger partial charge is 0.409 e. The molecule has 0 radical (unpaired) electrons. The molecular formula is C9H20N4O3S. The molecule has 1 aliphatic rings.